The third-order valence-corrected chi connectivity index (χ3v) is 4.27. The molecule has 0 unspecified atom stereocenters. The maximum absolute atomic E-state index is 5.92. The minimum atomic E-state index is 0.534. The van der Waals surface area contributed by atoms with Crippen molar-refractivity contribution in [3.8, 4) is 17.2 Å². The molecule has 2 aromatic carbocycles. The highest BCUT2D eigenvalue weighted by Crippen LogP contribution is 2.25. The summed E-state index contributed by atoms with van der Waals surface area (Å²) in [5.41, 5.74) is 3.29. The lowest BCUT2D eigenvalue weighted by atomic mass is 10.1. The Labute approximate surface area is 150 Å². The van der Waals surface area contributed by atoms with Crippen molar-refractivity contribution < 1.29 is 9.15 Å². The van der Waals surface area contributed by atoms with Crippen molar-refractivity contribution in [2.24, 2.45) is 0 Å². The van der Waals surface area contributed by atoms with Gasteiger partial charge in [-0.25, -0.2) is 0 Å². The van der Waals surface area contributed by atoms with Gasteiger partial charge in [0.2, 0.25) is 5.89 Å². The largest absolute Gasteiger partial charge is 0.493 e. The number of benzene rings is 2. The molecule has 4 nitrogen and oxygen atoms in total. The van der Waals surface area contributed by atoms with Crippen LogP contribution < -0.4 is 4.74 Å². The fourth-order valence-electron chi connectivity index (χ4n) is 2.33. The Hall–Kier alpha value is -1.98. The van der Waals surface area contributed by atoms with Gasteiger partial charge in [-0.1, -0.05) is 46.6 Å². The van der Waals surface area contributed by atoms with Gasteiger partial charge in [-0.05, 0) is 44.2 Å². The molecule has 0 aliphatic carbocycles. The lowest BCUT2D eigenvalue weighted by Gasteiger charge is -2.04. The molecule has 6 heteroatoms. The number of nitrogens with zero attached hydrogens (tertiary/aromatic N) is 2. The fraction of sp³-hybridized carbons (Fsp3) is 0.222. The molecule has 0 spiro atoms. The summed E-state index contributed by atoms with van der Waals surface area (Å²) in [6, 6.07) is 13.5. The molecule has 0 atom stereocenters. The van der Waals surface area contributed by atoms with E-state index < -0.39 is 0 Å². The molecule has 0 saturated carbocycles. The Morgan fingerprint density at radius 1 is 1.08 bits per heavy atom. The van der Waals surface area contributed by atoms with Gasteiger partial charge in [-0.2, -0.15) is 0 Å². The summed E-state index contributed by atoms with van der Waals surface area (Å²) in [6.45, 7) is 4.64. The van der Waals surface area contributed by atoms with Crippen molar-refractivity contribution >= 4 is 23.4 Å². The predicted molar refractivity (Wildman–Crippen MR) is 96.9 cm³/mol. The second-order valence-corrected chi connectivity index (χ2v) is 6.89. The molecule has 1 heterocycles. The van der Waals surface area contributed by atoms with E-state index in [-0.39, 0.29) is 0 Å². The van der Waals surface area contributed by atoms with E-state index in [2.05, 4.69) is 30.1 Å². The van der Waals surface area contributed by atoms with Gasteiger partial charge in [-0.15, -0.1) is 10.2 Å². The quantitative estimate of drug-likeness (QED) is 0.448. The summed E-state index contributed by atoms with van der Waals surface area (Å²) in [6.07, 6.45) is 0. The van der Waals surface area contributed by atoms with Crippen molar-refractivity contribution in [1.82, 2.24) is 10.2 Å². The van der Waals surface area contributed by atoms with E-state index in [9.17, 15) is 0 Å². The Morgan fingerprint density at radius 2 is 1.88 bits per heavy atom. The van der Waals surface area contributed by atoms with Crippen LogP contribution in [0.2, 0.25) is 5.02 Å². The molecule has 0 amide bonds. The minimum absolute atomic E-state index is 0.534. The summed E-state index contributed by atoms with van der Waals surface area (Å²) in [5, 5.41) is 9.40. The van der Waals surface area contributed by atoms with Crippen LogP contribution in [0.1, 0.15) is 11.1 Å². The molecule has 3 aromatic rings. The van der Waals surface area contributed by atoms with Gasteiger partial charge < -0.3 is 9.15 Å². The minimum Gasteiger partial charge on any atom is -0.493 e. The number of ether oxygens (including phenoxy) is 1. The Kier molecular flexibility index (Phi) is 5.43. The Balaban J connectivity index is 1.54. The lowest BCUT2D eigenvalue weighted by Crippen LogP contribution is -1.99. The van der Waals surface area contributed by atoms with Crippen LogP contribution in [0.3, 0.4) is 0 Å². The third kappa shape index (κ3) is 4.52. The van der Waals surface area contributed by atoms with Gasteiger partial charge in [0.1, 0.15) is 5.75 Å². The molecule has 0 bridgehead atoms. The first-order chi connectivity index (χ1) is 11.6. The summed E-state index contributed by atoms with van der Waals surface area (Å²) in [4.78, 5) is 0. The zero-order valence-corrected chi connectivity index (χ0v) is 15.0. The van der Waals surface area contributed by atoms with Crippen LogP contribution in [-0.2, 0) is 0 Å². The number of aromatic nitrogens is 2. The predicted octanol–water partition coefficient (Wildman–Crippen LogP) is 5.18. The van der Waals surface area contributed by atoms with Crippen LogP contribution in [-0.4, -0.2) is 22.6 Å². The monoisotopic (exact) mass is 360 g/mol. The average Bonchev–Trinajstić information content (AvgIpc) is 3.00. The van der Waals surface area contributed by atoms with Crippen LogP contribution in [0.25, 0.3) is 11.5 Å². The van der Waals surface area contributed by atoms with Crippen LogP contribution in [0, 0.1) is 13.8 Å². The Bertz CT molecular complexity index is 815. The number of aryl methyl sites for hydroxylation is 2. The van der Waals surface area contributed by atoms with Crippen molar-refractivity contribution in [2.75, 3.05) is 12.4 Å². The first-order valence-electron chi connectivity index (χ1n) is 7.53. The number of hydrogen-bond acceptors (Lipinski definition) is 5. The molecule has 0 radical (unpaired) electrons. The molecular weight excluding hydrogens is 344 g/mol. The van der Waals surface area contributed by atoms with Gasteiger partial charge in [0.25, 0.3) is 5.22 Å². The highest BCUT2D eigenvalue weighted by molar-refractivity contribution is 7.99. The second-order valence-electron chi connectivity index (χ2n) is 5.40. The topological polar surface area (TPSA) is 48.2 Å². The molecule has 124 valence electrons. The van der Waals surface area contributed by atoms with E-state index in [0.717, 1.165) is 11.3 Å². The molecule has 0 aliphatic heterocycles. The molecule has 0 aliphatic rings. The highest BCUT2D eigenvalue weighted by atomic mass is 35.5. The zero-order valence-electron chi connectivity index (χ0n) is 13.5. The molecule has 1 aromatic heterocycles. The van der Waals surface area contributed by atoms with Crippen molar-refractivity contribution in [2.45, 2.75) is 19.1 Å². The maximum Gasteiger partial charge on any atom is 0.276 e. The standard InChI is InChI=1S/C18H17ClN2O2S/c1-12-8-13(2)10-14(9-12)17-20-21-18(23-17)24-7-6-22-16-5-3-4-15(19)11-16/h3-5,8-11H,6-7H2,1-2H3. The van der Waals surface area contributed by atoms with E-state index in [1.54, 1.807) is 6.07 Å². The summed E-state index contributed by atoms with van der Waals surface area (Å²) in [5.74, 6) is 2.01. The highest BCUT2D eigenvalue weighted by Gasteiger charge is 2.10. The average molecular weight is 361 g/mol. The van der Waals surface area contributed by atoms with E-state index in [1.165, 1.54) is 22.9 Å². The van der Waals surface area contributed by atoms with Crippen LogP contribution >= 0.6 is 23.4 Å². The molecule has 3 rings (SSSR count). The summed E-state index contributed by atoms with van der Waals surface area (Å²) in [7, 11) is 0. The number of halogens is 1. The third-order valence-electron chi connectivity index (χ3n) is 3.25. The van der Waals surface area contributed by atoms with Gasteiger partial charge in [0.15, 0.2) is 0 Å². The zero-order chi connectivity index (χ0) is 16.9. The second kappa shape index (κ2) is 7.73. The van der Waals surface area contributed by atoms with Crippen molar-refractivity contribution in [1.29, 1.82) is 0 Å². The van der Waals surface area contributed by atoms with Gasteiger partial charge in [0, 0.05) is 16.3 Å². The lowest BCUT2D eigenvalue weighted by molar-refractivity contribution is 0.343. The smallest absolute Gasteiger partial charge is 0.276 e. The van der Waals surface area contributed by atoms with E-state index in [1.807, 2.05) is 30.3 Å². The first kappa shape index (κ1) is 16.9. The van der Waals surface area contributed by atoms with Gasteiger partial charge >= 0.3 is 0 Å². The van der Waals surface area contributed by atoms with Gasteiger partial charge in [-0.3, -0.25) is 0 Å². The number of rotatable bonds is 6. The van der Waals surface area contributed by atoms with Crippen LogP contribution in [0.15, 0.2) is 52.1 Å². The molecule has 0 N–H and O–H groups in total. The van der Waals surface area contributed by atoms with Crippen LogP contribution in [0.5, 0.6) is 5.75 Å². The number of hydrogen-bond donors (Lipinski definition) is 0. The SMILES string of the molecule is Cc1cc(C)cc(-c2nnc(SCCOc3cccc(Cl)c3)o2)c1. The van der Waals surface area contributed by atoms with Crippen LogP contribution in [0.4, 0.5) is 0 Å². The van der Waals surface area contributed by atoms with Crippen molar-refractivity contribution in [3.05, 3.63) is 58.6 Å². The summed E-state index contributed by atoms with van der Waals surface area (Å²) >= 11 is 7.39. The first-order valence-corrected chi connectivity index (χ1v) is 8.90. The van der Waals surface area contributed by atoms with E-state index in [4.69, 9.17) is 20.8 Å². The Morgan fingerprint density at radius 3 is 2.62 bits per heavy atom. The fourth-order valence-corrected chi connectivity index (χ4v) is 3.09. The van der Waals surface area contributed by atoms with E-state index in [0.29, 0.717) is 28.5 Å². The molecule has 24 heavy (non-hydrogen) atoms. The molecular formula is C18H17ClN2O2S. The number of thioether (sulfide) groups is 1. The summed E-state index contributed by atoms with van der Waals surface area (Å²) < 4.78 is 11.4. The van der Waals surface area contributed by atoms with E-state index >= 15 is 0 Å². The van der Waals surface area contributed by atoms with Crippen molar-refractivity contribution in [3.63, 3.8) is 0 Å². The van der Waals surface area contributed by atoms with Gasteiger partial charge in [0.05, 0.1) is 6.61 Å². The molecule has 0 saturated heterocycles. The maximum atomic E-state index is 5.92. The molecule has 0 fully saturated rings. The normalized spacial score (nSPS) is 10.8.